The van der Waals surface area contributed by atoms with Crippen LogP contribution in [0.4, 0.5) is 18.0 Å². The summed E-state index contributed by atoms with van der Waals surface area (Å²) >= 11 is 6.03. The lowest BCUT2D eigenvalue weighted by Gasteiger charge is -2.37. The quantitative estimate of drug-likeness (QED) is 0.362. The molecule has 7 nitrogen and oxygen atoms in total. The number of halogens is 4. The average Bonchev–Trinajstić information content (AvgIpc) is 3.00. The Kier molecular flexibility index (Phi) is 8.96. The molecule has 3 amide bonds. The van der Waals surface area contributed by atoms with Crippen LogP contribution in [-0.4, -0.2) is 58.0 Å². The minimum Gasteiger partial charge on any atom is -0.465 e. The van der Waals surface area contributed by atoms with E-state index in [-0.39, 0.29) is 49.9 Å². The standard InChI is InChI=1S/C32H31ClF3N3O4/c33-24-11-9-20(10-12-24)17-27(37-29(40)28-18-22-5-1-2-6-23(22)19-39(28)31(42)43)30(41)38-15-13-21(14-16-38)25-7-3-4-8-26(25)32(34,35)36/h1-12,21,27-28H,13-19H2,(H,37,40)(H,42,43)/t27-,28+/m1/s1. The first-order chi connectivity index (χ1) is 20.5. The summed E-state index contributed by atoms with van der Waals surface area (Å²) in [6.07, 6.45) is -4.73. The Labute approximate surface area is 252 Å². The van der Waals surface area contributed by atoms with Gasteiger partial charge in [0.15, 0.2) is 0 Å². The zero-order valence-corrected chi connectivity index (χ0v) is 23.9. The van der Waals surface area contributed by atoms with E-state index in [1.54, 1.807) is 35.2 Å². The lowest BCUT2D eigenvalue weighted by Crippen LogP contribution is -2.58. The van der Waals surface area contributed by atoms with Gasteiger partial charge in [-0.3, -0.25) is 14.5 Å². The second-order valence-corrected chi connectivity index (χ2v) is 11.4. The molecular weight excluding hydrogens is 583 g/mol. The van der Waals surface area contributed by atoms with Gasteiger partial charge in [-0.05, 0) is 59.2 Å². The molecule has 0 aromatic heterocycles. The topological polar surface area (TPSA) is 90.0 Å². The largest absolute Gasteiger partial charge is 0.465 e. The van der Waals surface area contributed by atoms with Gasteiger partial charge in [0.05, 0.1) is 12.1 Å². The second kappa shape index (κ2) is 12.7. The van der Waals surface area contributed by atoms with Gasteiger partial charge in [-0.25, -0.2) is 4.79 Å². The third kappa shape index (κ3) is 6.96. The van der Waals surface area contributed by atoms with E-state index in [1.165, 1.54) is 12.1 Å². The van der Waals surface area contributed by atoms with Crippen LogP contribution in [0.2, 0.25) is 5.02 Å². The maximum atomic E-state index is 13.8. The number of carboxylic acid groups (broad SMARTS) is 1. The van der Waals surface area contributed by atoms with E-state index in [2.05, 4.69) is 5.32 Å². The van der Waals surface area contributed by atoms with Crippen LogP contribution in [0.1, 0.15) is 46.6 Å². The number of nitrogens with zero attached hydrogens (tertiary/aromatic N) is 2. The predicted octanol–water partition coefficient (Wildman–Crippen LogP) is 5.90. The Bertz CT molecular complexity index is 1490. The van der Waals surface area contributed by atoms with E-state index in [0.717, 1.165) is 27.7 Å². The van der Waals surface area contributed by atoms with Crippen LogP contribution < -0.4 is 5.32 Å². The smallest absolute Gasteiger partial charge is 0.416 e. The molecule has 11 heteroatoms. The Balaban J connectivity index is 1.34. The van der Waals surface area contributed by atoms with Crippen molar-refractivity contribution in [1.82, 2.24) is 15.1 Å². The van der Waals surface area contributed by atoms with Crippen molar-refractivity contribution in [2.24, 2.45) is 0 Å². The number of carbonyl (C=O) groups is 3. The Morgan fingerprint density at radius 2 is 1.56 bits per heavy atom. The minimum atomic E-state index is -4.47. The number of rotatable bonds is 6. The van der Waals surface area contributed by atoms with E-state index < -0.39 is 35.8 Å². The number of benzene rings is 3. The first kappa shape index (κ1) is 30.4. The summed E-state index contributed by atoms with van der Waals surface area (Å²) in [6, 6.07) is 17.6. The number of fused-ring (bicyclic) bond motifs is 1. The van der Waals surface area contributed by atoms with Crippen LogP contribution in [0.3, 0.4) is 0 Å². The van der Waals surface area contributed by atoms with Crippen molar-refractivity contribution in [3.05, 3.63) is 106 Å². The van der Waals surface area contributed by atoms with Gasteiger partial charge in [0.2, 0.25) is 11.8 Å². The molecule has 2 aliphatic rings. The molecule has 2 N–H and O–H groups in total. The molecule has 226 valence electrons. The van der Waals surface area contributed by atoms with Crippen LogP contribution in [-0.2, 0) is 35.2 Å². The highest BCUT2D eigenvalue weighted by atomic mass is 35.5. The molecule has 1 fully saturated rings. The van der Waals surface area contributed by atoms with Gasteiger partial charge in [-0.15, -0.1) is 0 Å². The summed E-state index contributed by atoms with van der Waals surface area (Å²) < 4.78 is 40.9. The van der Waals surface area contributed by atoms with Gasteiger partial charge in [-0.1, -0.05) is 66.2 Å². The fourth-order valence-electron chi connectivity index (χ4n) is 6.02. The van der Waals surface area contributed by atoms with E-state index in [4.69, 9.17) is 11.6 Å². The molecule has 3 aromatic rings. The highest BCUT2D eigenvalue weighted by molar-refractivity contribution is 6.30. The van der Waals surface area contributed by atoms with E-state index >= 15 is 0 Å². The minimum absolute atomic E-state index is 0.0479. The average molecular weight is 614 g/mol. The molecule has 0 bridgehead atoms. The number of hydrogen-bond acceptors (Lipinski definition) is 3. The summed E-state index contributed by atoms with van der Waals surface area (Å²) in [4.78, 5) is 42.2. The van der Waals surface area contributed by atoms with Crippen molar-refractivity contribution in [3.63, 3.8) is 0 Å². The molecule has 1 saturated heterocycles. The summed E-state index contributed by atoms with van der Waals surface area (Å²) in [5.74, 6) is -1.32. The van der Waals surface area contributed by atoms with Crippen molar-refractivity contribution in [1.29, 1.82) is 0 Å². The molecular formula is C32H31ClF3N3O4. The molecule has 2 aliphatic heterocycles. The van der Waals surface area contributed by atoms with Crippen molar-refractivity contribution < 1.29 is 32.7 Å². The zero-order chi connectivity index (χ0) is 30.7. The van der Waals surface area contributed by atoms with Crippen molar-refractivity contribution >= 4 is 29.5 Å². The fraction of sp³-hybridized carbons (Fsp3) is 0.344. The third-order valence-electron chi connectivity index (χ3n) is 8.28. The van der Waals surface area contributed by atoms with Gasteiger partial charge in [0, 0.05) is 31.0 Å². The van der Waals surface area contributed by atoms with Crippen molar-refractivity contribution in [2.75, 3.05) is 13.1 Å². The van der Waals surface area contributed by atoms with Crippen LogP contribution in [0.25, 0.3) is 0 Å². The summed E-state index contributed by atoms with van der Waals surface area (Å²) in [6.45, 7) is 0.494. The van der Waals surface area contributed by atoms with Gasteiger partial charge in [0.25, 0.3) is 0 Å². The van der Waals surface area contributed by atoms with Crippen molar-refractivity contribution in [2.45, 2.75) is 56.4 Å². The fourth-order valence-corrected chi connectivity index (χ4v) is 6.15. The molecule has 3 aromatic carbocycles. The van der Waals surface area contributed by atoms with Gasteiger partial charge in [-0.2, -0.15) is 13.2 Å². The monoisotopic (exact) mass is 613 g/mol. The first-order valence-corrected chi connectivity index (χ1v) is 14.4. The lowest BCUT2D eigenvalue weighted by molar-refractivity contribution is -0.140. The number of hydrogen-bond donors (Lipinski definition) is 2. The van der Waals surface area contributed by atoms with Gasteiger partial charge >= 0.3 is 12.3 Å². The maximum Gasteiger partial charge on any atom is 0.416 e. The van der Waals surface area contributed by atoms with E-state index in [1.807, 2.05) is 24.3 Å². The first-order valence-electron chi connectivity index (χ1n) is 14.1. The van der Waals surface area contributed by atoms with Crippen molar-refractivity contribution in [3.8, 4) is 0 Å². The molecule has 0 aliphatic carbocycles. The summed E-state index contributed by atoms with van der Waals surface area (Å²) in [5, 5.41) is 13.2. The van der Waals surface area contributed by atoms with Crippen LogP contribution in [0.5, 0.6) is 0 Å². The molecule has 0 spiro atoms. The van der Waals surface area contributed by atoms with E-state index in [0.29, 0.717) is 17.9 Å². The van der Waals surface area contributed by atoms with Gasteiger partial charge < -0.3 is 15.3 Å². The number of nitrogens with one attached hydrogen (secondary N) is 1. The Hall–Kier alpha value is -4.05. The molecule has 43 heavy (non-hydrogen) atoms. The van der Waals surface area contributed by atoms with Crippen LogP contribution in [0.15, 0.2) is 72.8 Å². The normalized spacial score (nSPS) is 18.1. The molecule has 5 rings (SSSR count). The SMILES string of the molecule is O=C(N[C@H](Cc1ccc(Cl)cc1)C(=O)N1CCC(c2ccccc2C(F)(F)F)CC1)[C@@H]1Cc2ccccc2CN1C(=O)O. The number of carbonyl (C=O) groups excluding carboxylic acids is 2. The summed E-state index contributed by atoms with van der Waals surface area (Å²) in [5.41, 5.74) is 1.98. The van der Waals surface area contributed by atoms with Crippen LogP contribution in [0, 0.1) is 0 Å². The number of alkyl halides is 3. The number of piperidine rings is 1. The summed E-state index contributed by atoms with van der Waals surface area (Å²) in [7, 11) is 0. The predicted molar refractivity (Wildman–Crippen MR) is 155 cm³/mol. The number of likely N-dealkylation sites (tertiary alicyclic amines) is 1. The van der Waals surface area contributed by atoms with Gasteiger partial charge in [0.1, 0.15) is 12.1 Å². The maximum absolute atomic E-state index is 13.8. The van der Waals surface area contributed by atoms with E-state index in [9.17, 15) is 32.7 Å². The third-order valence-corrected chi connectivity index (χ3v) is 8.53. The molecule has 0 unspecified atom stereocenters. The Morgan fingerprint density at radius 3 is 2.21 bits per heavy atom. The lowest BCUT2D eigenvalue weighted by atomic mass is 9.86. The molecule has 0 saturated carbocycles. The molecule has 0 radical (unpaired) electrons. The highest BCUT2D eigenvalue weighted by Gasteiger charge is 2.39. The Morgan fingerprint density at radius 1 is 0.930 bits per heavy atom. The number of amides is 3. The van der Waals surface area contributed by atoms with Crippen LogP contribution >= 0.6 is 11.6 Å². The molecule has 2 heterocycles. The second-order valence-electron chi connectivity index (χ2n) is 11.0. The molecule has 2 atom stereocenters. The zero-order valence-electron chi connectivity index (χ0n) is 23.2. The highest BCUT2D eigenvalue weighted by Crippen LogP contribution is 2.38.